The van der Waals surface area contributed by atoms with Crippen molar-refractivity contribution in [3.8, 4) is 51.0 Å². The molecule has 0 aliphatic carbocycles. The average Bonchev–Trinajstić information content (AvgIpc) is 3.86. The van der Waals surface area contributed by atoms with Crippen LogP contribution in [0, 0.1) is 0 Å². The van der Waals surface area contributed by atoms with Crippen molar-refractivity contribution in [3.63, 3.8) is 0 Å². The zero-order valence-corrected chi connectivity index (χ0v) is 31.2. The van der Waals surface area contributed by atoms with E-state index in [4.69, 9.17) is 19.4 Å². The van der Waals surface area contributed by atoms with Gasteiger partial charge in [0.15, 0.2) is 23.1 Å². The van der Waals surface area contributed by atoms with Gasteiger partial charge in [0.05, 0.1) is 16.7 Å². The minimum Gasteiger partial charge on any atom is -0.454 e. The van der Waals surface area contributed by atoms with E-state index in [2.05, 4.69) is 126 Å². The number of rotatable bonds is 5. The van der Waals surface area contributed by atoms with E-state index in [1.54, 1.807) is 0 Å². The van der Waals surface area contributed by atoms with Crippen LogP contribution in [0.2, 0.25) is 0 Å². The van der Waals surface area contributed by atoms with Gasteiger partial charge >= 0.3 is 0 Å². The predicted molar refractivity (Wildman–Crippen MR) is 238 cm³/mol. The largest absolute Gasteiger partial charge is 0.454 e. The van der Waals surface area contributed by atoms with Crippen molar-refractivity contribution in [1.29, 1.82) is 0 Å². The van der Waals surface area contributed by atoms with Crippen LogP contribution in [0.5, 0.6) is 0 Å². The third kappa shape index (κ3) is 4.93. The number of fused-ring (bicyclic) bond motifs is 10. The Morgan fingerprint density at radius 2 is 0.914 bits per heavy atom. The standard InChI is InChI=1S/C53H32N4O/c1-4-16-33(17-5-1)42-32-45-49(39-25-13-12-24-38(39)42)48-37-23-11-10-18-34(37)28-30-43(48)57(45)44-31-29-41(47-40-26-14-15-27-46(40)58-50(44)47)53-55-51(35-19-6-2-7-20-35)54-52(56-53)36-21-8-3-9-22-36/h1-32H. The van der Waals surface area contributed by atoms with E-state index in [9.17, 15) is 0 Å². The summed E-state index contributed by atoms with van der Waals surface area (Å²) in [6.45, 7) is 0. The highest BCUT2D eigenvalue weighted by Crippen LogP contribution is 2.46. The molecular weight excluding hydrogens is 709 g/mol. The van der Waals surface area contributed by atoms with Crippen LogP contribution in [-0.2, 0) is 0 Å². The molecule has 12 rings (SSSR count). The van der Waals surface area contributed by atoms with Crippen molar-refractivity contribution in [3.05, 3.63) is 194 Å². The molecule has 0 saturated heterocycles. The second kappa shape index (κ2) is 12.8. The summed E-state index contributed by atoms with van der Waals surface area (Å²) in [6, 6.07) is 67.9. The molecule has 0 atom stereocenters. The molecule has 5 heteroatoms. The zero-order chi connectivity index (χ0) is 38.2. The summed E-state index contributed by atoms with van der Waals surface area (Å²) in [7, 11) is 0. The van der Waals surface area contributed by atoms with Crippen LogP contribution in [0.1, 0.15) is 0 Å². The summed E-state index contributed by atoms with van der Waals surface area (Å²) in [4.78, 5) is 15.3. The van der Waals surface area contributed by atoms with Gasteiger partial charge in [0.1, 0.15) is 5.58 Å². The number of benzene rings is 9. The predicted octanol–water partition coefficient (Wildman–Crippen LogP) is 13.8. The van der Waals surface area contributed by atoms with E-state index >= 15 is 0 Å². The maximum atomic E-state index is 6.99. The Balaban J connectivity index is 1.21. The first-order chi connectivity index (χ1) is 28.8. The Hall–Kier alpha value is -7.89. The Bertz CT molecular complexity index is 3500. The zero-order valence-electron chi connectivity index (χ0n) is 31.2. The molecule has 5 nitrogen and oxygen atoms in total. The van der Waals surface area contributed by atoms with Gasteiger partial charge in [-0.15, -0.1) is 0 Å². The number of para-hydroxylation sites is 1. The minimum atomic E-state index is 0.585. The van der Waals surface area contributed by atoms with Gasteiger partial charge in [0.25, 0.3) is 0 Å². The lowest BCUT2D eigenvalue weighted by atomic mass is 9.94. The fourth-order valence-corrected chi connectivity index (χ4v) is 8.86. The van der Waals surface area contributed by atoms with E-state index in [0.717, 1.165) is 55.3 Å². The third-order valence-corrected chi connectivity index (χ3v) is 11.4. The normalized spacial score (nSPS) is 11.8. The van der Waals surface area contributed by atoms with Gasteiger partial charge < -0.3 is 8.98 Å². The molecule has 0 aliphatic heterocycles. The lowest BCUT2D eigenvalue weighted by Gasteiger charge is -2.14. The summed E-state index contributed by atoms with van der Waals surface area (Å²) in [5.74, 6) is 1.81. The van der Waals surface area contributed by atoms with E-state index in [1.807, 2.05) is 72.8 Å². The van der Waals surface area contributed by atoms with Crippen LogP contribution in [0.15, 0.2) is 199 Å². The van der Waals surface area contributed by atoms with Crippen LogP contribution in [0.3, 0.4) is 0 Å². The summed E-state index contributed by atoms with van der Waals surface area (Å²) in [5.41, 5.74) is 9.80. The molecule has 0 fully saturated rings. The van der Waals surface area contributed by atoms with E-state index in [1.165, 1.54) is 43.4 Å². The molecule has 12 aromatic rings. The number of furan rings is 1. The molecule has 0 spiro atoms. The van der Waals surface area contributed by atoms with Gasteiger partial charge in [-0.1, -0.05) is 164 Å². The molecule has 3 aromatic heterocycles. The maximum absolute atomic E-state index is 6.99. The Kier molecular flexibility index (Phi) is 7.16. The number of hydrogen-bond donors (Lipinski definition) is 0. The summed E-state index contributed by atoms with van der Waals surface area (Å²) < 4.78 is 9.40. The number of hydrogen-bond acceptors (Lipinski definition) is 4. The van der Waals surface area contributed by atoms with Crippen molar-refractivity contribution in [2.24, 2.45) is 0 Å². The van der Waals surface area contributed by atoms with Gasteiger partial charge in [-0.05, 0) is 63.0 Å². The SMILES string of the molecule is c1ccc(-c2nc(-c3ccccc3)nc(-c3ccc(-n4c5ccc6ccccc6c5c5c6ccccc6c(-c6ccccc6)cc54)c4oc5ccccc5c34)n2)cc1. The van der Waals surface area contributed by atoms with Crippen molar-refractivity contribution in [2.45, 2.75) is 0 Å². The van der Waals surface area contributed by atoms with E-state index in [-0.39, 0.29) is 0 Å². The number of aromatic nitrogens is 4. The lowest BCUT2D eigenvalue weighted by Crippen LogP contribution is -2.01. The summed E-state index contributed by atoms with van der Waals surface area (Å²) in [5, 5.41) is 9.23. The molecule has 0 aliphatic rings. The Morgan fingerprint density at radius 1 is 0.362 bits per heavy atom. The average molecular weight is 741 g/mol. The first-order valence-electron chi connectivity index (χ1n) is 19.5. The van der Waals surface area contributed by atoms with Crippen molar-refractivity contribution >= 4 is 65.3 Å². The van der Waals surface area contributed by atoms with Crippen molar-refractivity contribution < 1.29 is 4.42 Å². The molecule has 0 saturated carbocycles. The van der Waals surface area contributed by atoms with Gasteiger partial charge in [0.2, 0.25) is 0 Å². The van der Waals surface area contributed by atoms with E-state index in [0.29, 0.717) is 17.5 Å². The first kappa shape index (κ1) is 32.4. The highest BCUT2D eigenvalue weighted by atomic mass is 16.3. The Labute approximate surface area is 333 Å². The van der Waals surface area contributed by atoms with E-state index < -0.39 is 0 Å². The molecular formula is C53H32N4O. The van der Waals surface area contributed by atoms with Gasteiger partial charge in [-0.2, -0.15) is 0 Å². The number of nitrogens with zero attached hydrogens (tertiary/aromatic N) is 4. The first-order valence-corrected chi connectivity index (χ1v) is 19.5. The smallest absolute Gasteiger partial charge is 0.164 e. The topological polar surface area (TPSA) is 56.7 Å². The quantitative estimate of drug-likeness (QED) is 0.176. The molecule has 58 heavy (non-hydrogen) atoms. The highest BCUT2D eigenvalue weighted by Gasteiger charge is 2.25. The van der Waals surface area contributed by atoms with Crippen LogP contribution >= 0.6 is 0 Å². The molecule has 0 amide bonds. The second-order valence-corrected chi connectivity index (χ2v) is 14.7. The molecule has 3 heterocycles. The monoisotopic (exact) mass is 740 g/mol. The maximum Gasteiger partial charge on any atom is 0.164 e. The molecule has 0 bridgehead atoms. The van der Waals surface area contributed by atoms with Gasteiger partial charge in [-0.25, -0.2) is 15.0 Å². The third-order valence-electron chi connectivity index (χ3n) is 11.4. The van der Waals surface area contributed by atoms with Crippen LogP contribution < -0.4 is 0 Å². The molecule has 270 valence electrons. The van der Waals surface area contributed by atoms with Crippen LogP contribution in [-0.4, -0.2) is 19.5 Å². The summed E-state index contributed by atoms with van der Waals surface area (Å²) >= 11 is 0. The fraction of sp³-hybridized carbons (Fsp3) is 0. The molecule has 0 radical (unpaired) electrons. The fourth-order valence-electron chi connectivity index (χ4n) is 8.86. The van der Waals surface area contributed by atoms with Gasteiger partial charge in [-0.3, -0.25) is 0 Å². The molecule has 0 unspecified atom stereocenters. The minimum absolute atomic E-state index is 0.585. The summed E-state index contributed by atoms with van der Waals surface area (Å²) in [6.07, 6.45) is 0. The lowest BCUT2D eigenvalue weighted by molar-refractivity contribution is 0.666. The van der Waals surface area contributed by atoms with Crippen LogP contribution in [0.25, 0.3) is 116 Å². The highest BCUT2D eigenvalue weighted by molar-refractivity contribution is 6.30. The molecule has 9 aromatic carbocycles. The van der Waals surface area contributed by atoms with Gasteiger partial charge in [0, 0.05) is 38.2 Å². The van der Waals surface area contributed by atoms with Crippen molar-refractivity contribution in [1.82, 2.24) is 19.5 Å². The molecule has 0 N–H and O–H groups in total. The second-order valence-electron chi connectivity index (χ2n) is 14.7. The van der Waals surface area contributed by atoms with Crippen molar-refractivity contribution in [2.75, 3.05) is 0 Å². The van der Waals surface area contributed by atoms with Crippen LogP contribution in [0.4, 0.5) is 0 Å². The Morgan fingerprint density at radius 3 is 1.62 bits per heavy atom.